The highest BCUT2D eigenvalue weighted by atomic mass is 32.2. The van der Waals surface area contributed by atoms with Gasteiger partial charge in [0.2, 0.25) is 5.95 Å². The van der Waals surface area contributed by atoms with Crippen LogP contribution in [0.15, 0.2) is 47.6 Å². The fourth-order valence-electron chi connectivity index (χ4n) is 2.36. The number of aliphatic hydroxyl groups excluding tert-OH is 1. The maximum absolute atomic E-state index is 9.57. The van der Waals surface area contributed by atoms with Gasteiger partial charge in [-0.15, -0.1) is 11.8 Å². The molecule has 5 heteroatoms. The van der Waals surface area contributed by atoms with E-state index in [-0.39, 0.29) is 6.10 Å². The number of hydrogen-bond acceptors (Lipinski definition) is 5. The van der Waals surface area contributed by atoms with Crippen molar-refractivity contribution in [3.05, 3.63) is 48.2 Å². The Hall–Kier alpha value is -1.59. The second kappa shape index (κ2) is 6.91. The summed E-state index contributed by atoms with van der Waals surface area (Å²) < 4.78 is 0. The van der Waals surface area contributed by atoms with E-state index in [2.05, 4.69) is 39.1 Å². The van der Waals surface area contributed by atoms with E-state index in [1.54, 1.807) is 11.8 Å². The molecule has 0 aliphatic carbocycles. The molecule has 21 heavy (non-hydrogen) atoms. The molecule has 0 spiro atoms. The first kappa shape index (κ1) is 14.4. The van der Waals surface area contributed by atoms with Crippen molar-refractivity contribution in [2.45, 2.75) is 29.7 Å². The third-order valence-corrected chi connectivity index (χ3v) is 4.59. The molecule has 110 valence electrons. The van der Waals surface area contributed by atoms with Crippen LogP contribution in [-0.4, -0.2) is 34.3 Å². The van der Waals surface area contributed by atoms with Gasteiger partial charge < -0.3 is 10.0 Å². The van der Waals surface area contributed by atoms with Gasteiger partial charge in [-0.25, -0.2) is 9.97 Å². The van der Waals surface area contributed by atoms with E-state index < -0.39 is 0 Å². The maximum Gasteiger partial charge on any atom is 0.226 e. The molecule has 1 aliphatic heterocycles. The highest BCUT2D eigenvalue weighted by Crippen LogP contribution is 2.23. The van der Waals surface area contributed by atoms with Crippen LogP contribution in [0, 0.1) is 0 Å². The molecular formula is C16H19N3OS. The van der Waals surface area contributed by atoms with Crippen molar-refractivity contribution in [3.8, 4) is 0 Å². The highest BCUT2D eigenvalue weighted by molar-refractivity contribution is 7.98. The van der Waals surface area contributed by atoms with Gasteiger partial charge in [-0.2, -0.15) is 0 Å². The molecule has 1 aromatic heterocycles. The Balaban J connectivity index is 1.63. The molecule has 0 atom stereocenters. The van der Waals surface area contributed by atoms with Crippen molar-refractivity contribution in [1.29, 1.82) is 0 Å². The van der Waals surface area contributed by atoms with Crippen molar-refractivity contribution in [1.82, 2.24) is 9.97 Å². The van der Waals surface area contributed by atoms with Gasteiger partial charge >= 0.3 is 0 Å². The Bertz CT molecular complexity index is 571. The van der Waals surface area contributed by atoms with Crippen molar-refractivity contribution >= 4 is 17.7 Å². The lowest BCUT2D eigenvalue weighted by atomic mass is 10.1. The van der Waals surface area contributed by atoms with E-state index in [9.17, 15) is 5.11 Å². The lowest BCUT2D eigenvalue weighted by Crippen LogP contribution is -2.36. The first-order valence-electron chi connectivity index (χ1n) is 7.24. The molecule has 3 rings (SSSR count). The monoisotopic (exact) mass is 301 g/mol. The molecule has 2 aromatic rings. The quantitative estimate of drug-likeness (QED) is 0.695. The number of thioether (sulfide) groups is 1. The Morgan fingerprint density at radius 2 is 1.90 bits per heavy atom. The molecule has 4 nitrogen and oxygen atoms in total. The zero-order valence-electron chi connectivity index (χ0n) is 11.9. The van der Waals surface area contributed by atoms with Gasteiger partial charge in [-0.05, 0) is 24.5 Å². The predicted octanol–water partition coefficient (Wildman–Crippen LogP) is 2.73. The topological polar surface area (TPSA) is 49.2 Å². The molecule has 0 unspecified atom stereocenters. The van der Waals surface area contributed by atoms with Crippen LogP contribution in [0.3, 0.4) is 0 Å². The first-order valence-corrected chi connectivity index (χ1v) is 8.22. The summed E-state index contributed by atoms with van der Waals surface area (Å²) in [5.74, 6) is 1.69. The zero-order chi connectivity index (χ0) is 14.5. The summed E-state index contributed by atoms with van der Waals surface area (Å²) in [5.41, 5.74) is 1.30. The molecule has 0 bridgehead atoms. The summed E-state index contributed by atoms with van der Waals surface area (Å²) >= 11 is 1.73. The van der Waals surface area contributed by atoms with E-state index in [0.29, 0.717) is 0 Å². The third kappa shape index (κ3) is 3.95. The van der Waals surface area contributed by atoms with Gasteiger partial charge in [0.25, 0.3) is 0 Å². The van der Waals surface area contributed by atoms with Crippen molar-refractivity contribution in [2.24, 2.45) is 0 Å². The SMILES string of the molecule is OC1CCN(c2nccc(SCc3ccccc3)n2)CC1. The number of aliphatic hydroxyl groups is 1. The normalized spacial score (nSPS) is 16.1. The minimum atomic E-state index is -0.170. The maximum atomic E-state index is 9.57. The molecule has 1 fully saturated rings. The molecule has 0 amide bonds. The van der Waals surface area contributed by atoms with Crippen LogP contribution in [0.5, 0.6) is 0 Å². The Kier molecular flexibility index (Phi) is 4.72. The van der Waals surface area contributed by atoms with E-state index in [0.717, 1.165) is 42.7 Å². The zero-order valence-corrected chi connectivity index (χ0v) is 12.7. The molecule has 1 saturated heterocycles. The Labute approximate surface area is 129 Å². The van der Waals surface area contributed by atoms with Gasteiger partial charge in [-0.1, -0.05) is 30.3 Å². The molecule has 0 radical (unpaired) electrons. The van der Waals surface area contributed by atoms with Crippen LogP contribution in [0.1, 0.15) is 18.4 Å². The lowest BCUT2D eigenvalue weighted by molar-refractivity contribution is 0.145. The van der Waals surface area contributed by atoms with Crippen LogP contribution in [-0.2, 0) is 5.75 Å². The number of hydrogen-bond donors (Lipinski definition) is 1. The average molecular weight is 301 g/mol. The second-order valence-corrected chi connectivity index (χ2v) is 6.18. The van der Waals surface area contributed by atoms with Gasteiger partial charge in [-0.3, -0.25) is 0 Å². The van der Waals surface area contributed by atoms with E-state index >= 15 is 0 Å². The number of benzene rings is 1. The highest BCUT2D eigenvalue weighted by Gasteiger charge is 2.19. The van der Waals surface area contributed by atoms with Gasteiger partial charge in [0.1, 0.15) is 5.03 Å². The van der Waals surface area contributed by atoms with Gasteiger partial charge in [0.05, 0.1) is 6.10 Å². The van der Waals surface area contributed by atoms with E-state index in [1.165, 1.54) is 5.56 Å². The standard InChI is InChI=1S/C16H19N3OS/c20-14-7-10-19(11-8-14)16-17-9-6-15(18-16)21-12-13-4-2-1-3-5-13/h1-6,9,14,20H,7-8,10-12H2. The Morgan fingerprint density at radius 1 is 1.14 bits per heavy atom. The summed E-state index contributed by atoms with van der Waals surface area (Å²) in [7, 11) is 0. The molecular weight excluding hydrogens is 282 g/mol. The third-order valence-electron chi connectivity index (χ3n) is 3.59. The van der Waals surface area contributed by atoms with Crippen LogP contribution < -0.4 is 4.90 Å². The number of nitrogens with zero attached hydrogens (tertiary/aromatic N) is 3. The van der Waals surface area contributed by atoms with Crippen molar-refractivity contribution in [3.63, 3.8) is 0 Å². The molecule has 1 aliphatic rings. The number of anilines is 1. The minimum absolute atomic E-state index is 0.170. The molecule has 1 aromatic carbocycles. The first-order chi connectivity index (χ1) is 10.3. The Morgan fingerprint density at radius 3 is 2.67 bits per heavy atom. The molecule has 0 saturated carbocycles. The minimum Gasteiger partial charge on any atom is -0.393 e. The van der Waals surface area contributed by atoms with Gasteiger partial charge in [0, 0.05) is 25.0 Å². The lowest BCUT2D eigenvalue weighted by Gasteiger charge is -2.29. The summed E-state index contributed by atoms with van der Waals surface area (Å²) in [6.07, 6.45) is 3.24. The summed E-state index contributed by atoms with van der Waals surface area (Å²) in [6, 6.07) is 12.3. The van der Waals surface area contributed by atoms with Crippen LogP contribution in [0.25, 0.3) is 0 Å². The van der Waals surface area contributed by atoms with Crippen molar-refractivity contribution in [2.75, 3.05) is 18.0 Å². The number of rotatable bonds is 4. The smallest absolute Gasteiger partial charge is 0.226 e. The van der Waals surface area contributed by atoms with Crippen molar-refractivity contribution < 1.29 is 5.11 Å². The van der Waals surface area contributed by atoms with E-state index in [1.807, 2.05) is 18.3 Å². The van der Waals surface area contributed by atoms with Gasteiger partial charge in [0.15, 0.2) is 0 Å². The fourth-order valence-corrected chi connectivity index (χ4v) is 3.17. The van der Waals surface area contributed by atoms with E-state index in [4.69, 9.17) is 0 Å². The largest absolute Gasteiger partial charge is 0.393 e. The average Bonchev–Trinajstić information content (AvgIpc) is 2.55. The van der Waals surface area contributed by atoms with Crippen LogP contribution >= 0.6 is 11.8 Å². The molecule has 2 heterocycles. The number of piperidine rings is 1. The number of aromatic nitrogens is 2. The predicted molar refractivity (Wildman–Crippen MR) is 85.5 cm³/mol. The summed E-state index contributed by atoms with van der Waals surface area (Å²) in [4.78, 5) is 11.1. The molecule has 1 N–H and O–H groups in total. The second-order valence-electron chi connectivity index (χ2n) is 5.19. The van der Waals surface area contributed by atoms with Crippen LogP contribution in [0.4, 0.5) is 5.95 Å². The summed E-state index contributed by atoms with van der Waals surface area (Å²) in [5, 5.41) is 10.6. The van der Waals surface area contributed by atoms with Crippen LogP contribution in [0.2, 0.25) is 0 Å². The fraction of sp³-hybridized carbons (Fsp3) is 0.375. The summed E-state index contributed by atoms with van der Waals surface area (Å²) in [6.45, 7) is 1.65.